The summed E-state index contributed by atoms with van der Waals surface area (Å²) in [6.07, 6.45) is 1.37. The number of anilines is 1. The Balaban J connectivity index is 2.24. The lowest BCUT2D eigenvalue weighted by molar-refractivity contribution is 0.102. The van der Waals surface area contributed by atoms with Crippen LogP contribution in [0.25, 0.3) is 0 Å². The highest BCUT2D eigenvalue weighted by Gasteiger charge is 2.13. The summed E-state index contributed by atoms with van der Waals surface area (Å²) >= 11 is 11.3. The molecule has 1 aromatic carbocycles. The van der Waals surface area contributed by atoms with Crippen LogP contribution >= 0.6 is 23.2 Å². The van der Waals surface area contributed by atoms with Crippen molar-refractivity contribution >= 4 is 35.1 Å². The summed E-state index contributed by atoms with van der Waals surface area (Å²) in [7, 11) is 0. The minimum absolute atomic E-state index is 0.00752. The molecule has 0 bridgehead atoms. The third-order valence-electron chi connectivity index (χ3n) is 2.02. The minimum Gasteiger partial charge on any atom is -0.290 e. The minimum atomic E-state index is -0.697. The fourth-order valence-corrected chi connectivity index (χ4v) is 1.55. The Hall–Kier alpha value is -1.72. The lowest BCUT2D eigenvalue weighted by Crippen LogP contribution is -2.15. The largest absolute Gasteiger partial charge is 0.290 e. The number of hydrogen-bond acceptors (Lipinski definition) is 3. The number of benzene rings is 1. The summed E-state index contributed by atoms with van der Waals surface area (Å²) in [6.45, 7) is 0. The van der Waals surface area contributed by atoms with Crippen LogP contribution in [0.1, 0.15) is 10.4 Å². The van der Waals surface area contributed by atoms with Gasteiger partial charge in [-0.25, -0.2) is 14.4 Å². The molecule has 92 valence electrons. The summed E-state index contributed by atoms with van der Waals surface area (Å²) in [5.41, 5.74) is -0.189. The van der Waals surface area contributed by atoms with Gasteiger partial charge in [-0.1, -0.05) is 23.2 Å². The second-order valence-electron chi connectivity index (χ2n) is 3.28. The Morgan fingerprint density at radius 1 is 1.28 bits per heavy atom. The Morgan fingerprint density at radius 3 is 2.78 bits per heavy atom. The van der Waals surface area contributed by atoms with Crippen molar-refractivity contribution in [1.29, 1.82) is 0 Å². The third kappa shape index (κ3) is 2.94. The number of carbonyl (C=O) groups is 1. The molecule has 0 aliphatic carbocycles. The molecular weight excluding hydrogens is 280 g/mol. The normalized spacial score (nSPS) is 10.2. The van der Waals surface area contributed by atoms with E-state index < -0.39 is 11.7 Å². The molecule has 1 N–H and O–H groups in total. The molecule has 0 fully saturated rings. The predicted octanol–water partition coefficient (Wildman–Crippen LogP) is 3.17. The Kier molecular flexibility index (Phi) is 3.74. The summed E-state index contributed by atoms with van der Waals surface area (Å²) in [4.78, 5) is 19.3. The zero-order chi connectivity index (χ0) is 13.1. The quantitative estimate of drug-likeness (QED) is 0.863. The van der Waals surface area contributed by atoms with Crippen LogP contribution in [-0.4, -0.2) is 15.9 Å². The van der Waals surface area contributed by atoms with Crippen molar-refractivity contribution < 1.29 is 9.18 Å². The van der Waals surface area contributed by atoms with Crippen molar-refractivity contribution in [2.75, 3.05) is 5.32 Å². The molecule has 0 spiro atoms. The third-order valence-corrected chi connectivity index (χ3v) is 2.47. The van der Waals surface area contributed by atoms with Crippen LogP contribution in [0, 0.1) is 5.82 Å². The molecule has 4 nitrogen and oxygen atoms in total. The van der Waals surface area contributed by atoms with Crippen LogP contribution in [0.4, 0.5) is 10.3 Å². The topological polar surface area (TPSA) is 54.9 Å². The fourth-order valence-electron chi connectivity index (χ4n) is 1.24. The highest BCUT2D eigenvalue weighted by molar-refractivity contribution is 6.31. The molecule has 1 amide bonds. The van der Waals surface area contributed by atoms with E-state index in [-0.39, 0.29) is 21.7 Å². The van der Waals surface area contributed by atoms with Crippen LogP contribution in [0.5, 0.6) is 0 Å². The molecule has 0 unspecified atom stereocenters. The fraction of sp³-hybridized carbons (Fsp3) is 0. The first-order chi connectivity index (χ1) is 8.56. The Bertz CT molecular complexity index is 607. The molecule has 7 heteroatoms. The lowest BCUT2D eigenvalue weighted by atomic mass is 10.2. The molecule has 2 aromatic rings. The summed E-state index contributed by atoms with van der Waals surface area (Å²) in [5.74, 6) is -1.39. The van der Waals surface area contributed by atoms with E-state index in [0.717, 1.165) is 6.07 Å². The highest BCUT2D eigenvalue weighted by atomic mass is 35.5. The Morgan fingerprint density at radius 2 is 2.06 bits per heavy atom. The lowest BCUT2D eigenvalue weighted by Gasteiger charge is -2.05. The number of rotatable bonds is 2. The molecule has 0 saturated heterocycles. The van der Waals surface area contributed by atoms with Gasteiger partial charge < -0.3 is 0 Å². The standard InChI is InChI=1S/C11H6Cl2FN3O/c12-6-1-2-8(14)7(5-6)10(18)17-11-15-4-3-9(13)16-11/h1-5H,(H,15,16,17,18). The average Bonchev–Trinajstić information content (AvgIpc) is 2.32. The summed E-state index contributed by atoms with van der Waals surface area (Å²) in [6, 6.07) is 5.13. The van der Waals surface area contributed by atoms with E-state index in [1.165, 1.54) is 24.4 Å². The first kappa shape index (κ1) is 12.7. The van der Waals surface area contributed by atoms with Gasteiger partial charge >= 0.3 is 0 Å². The smallest absolute Gasteiger partial charge is 0.261 e. The van der Waals surface area contributed by atoms with Crippen LogP contribution in [-0.2, 0) is 0 Å². The molecule has 1 heterocycles. The van der Waals surface area contributed by atoms with E-state index in [0.29, 0.717) is 0 Å². The first-order valence-corrected chi connectivity index (χ1v) is 5.57. The number of hydrogen-bond donors (Lipinski definition) is 1. The second-order valence-corrected chi connectivity index (χ2v) is 4.10. The van der Waals surface area contributed by atoms with Crippen LogP contribution in [0.2, 0.25) is 10.2 Å². The van der Waals surface area contributed by atoms with Crippen molar-refractivity contribution in [2.24, 2.45) is 0 Å². The van der Waals surface area contributed by atoms with Gasteiger partial charge in [0.25, 0.3) is 5.91 Å². The number of carbonyl (C=O) groups excluding carboxylic acids is 1. The molecule has 0 aliphatic rings. The number of nitrogens with one attached hydrogen (secondary N) is 1. The maximum absolute atomic E-state index is 13.4. The van der Waals surface area contributed by atoms with Crippen molar-refractivity contribution in [2.45, 2.75) is 0 Å². The second kappa shape index (κ2) is 5.29. The maximum Gasteiger partial charge on any atom is 0.261 e. The van der Waals surface area contributed by atoms with Crippen LogP contribution in [0.15, 0.2) is 30.5 Å². The van der Waals surface area contributed by atoms with Crippen LogP contribution < -0.4 is 5.32 Å². The molecule has 2 rings (SSSR count). The monoisotopic (exact) mass is 285 g/mol. The van der Waals surface area contributed by atoms with Gasteiger partial charge in [-0.3, -0.25) is 10.1 Å². The average molecular weight is 286 g/mol. The molecule has 0 atom stereocenters. The van der Waals surface area contributed by atoms with E-state index in [1.54, 1.807) is 0 Å². The molecule has 1 aromatic heterocycles. The van der Waals surface area contributed by atoms with Crippen molar-refractivity contribution in [3.8, 4) is 0 Å². The zero-order valence-electron chi connectivity index (χ0n) is 8.82. The zero-order valence-corrected chi connectivity index (χ0v) is 10.3. The molecular formula is C11H6Cl2FN3O. The van der Waals surface area contributed by atoms with Gasteiger partial charge in [0.15, 0.2) is 0 Å². The van der Waals surface area contributed by atoms with Gasteiger partial charge in [0, 0.05) is 11.2 Å². The molecule has 0 radical (unpaired) electrons. The van der Waals surface area contributed by atoms with Crippen molar-refractivity contribution in [1.82, 2.24) is 9.97 Å². The van der Waals surface area contributed by atoms with E-state index in [9.17, 15) is 9.18 Å². The van der Waals surface area contributed by atoms with E-state index >= 15 is 0 Å². The van der Waals surface area contributed by atoms with Gasteiger partial charge in [0.2, 0.25) is 5.95 Å². The predicted molar refractivity (Wildman–Crippen MR) is 66.4 cm³/mol. The van der Waals surface area contributed by atoms with E-state index in [4.69, 9.17) is 23.2 Å². The van der Waals surface area contributed by atoms with Crippen molar-refractivity contribution in [3.63, 3.8) is 0 Å². The van der Waals surface area contributed by atoms with Gasteiger partial charge in [0.1, 0.15) is 11.0 Å². The summed E-state index contributed by atoms with van der Waals surface area (Å²) < 4.78 is 13.4. The Labute approximate surface area is 112 Å². The summed E-state index contributed by atoms with van der Waals surface area (Å²) in [5, 5.41) is 2.75. The molecule has 0 saturated carbocycles. The number of nitrogens with zero attached hydrogens (tertiary/aromatic N) is 2. The number of aromatic nitrogens is 2. The van der Waals surface area contributed by atoms with E-state index in [2.05, 4.69) is 15.3 Å². The van der Waals surface area contributed by atoms with Gasteiger partial charge in [-0.2, -0.15) is 0 Å². The number of amides is 1. The van der Waals surface area contributed by atoms with Crippen LogP contribution in [0.3, 0.4) is 0 Å². The highest BCUT2D eigenvalue weighted by Crippen LogP contribution is 2.16. The van der Waals surface area contributed by atoms with Gasteiger partial charge in [-0.05, 0) is 24.3 Å². The number of halogens is 3. The van der Waals surface area contributed by atoms with Gasteiger partial charge in [-0.15, -0.1) is 0 Å². The van der Waals surface area contributed by atoms with E-state index in [1.807, 2.05) is 0 Å². The first-order valence-electron chi connectivity index (χ1n) is 4.81. The van der Waals surface area contributed by atoms with Crippen molar-refractivity contribution in [3.05, 3.63) is 52.0 Å². The molecule has 18 heavy (non-hydrogen) atoms. The molecule has 0 aliphatic heterocycles. The SMILES string of the molecule is O=C(Nc1nccc(Cl)n1)c1cc(Cl)ccc1F. The maximum atomic E-state index is 13.4. The van der Waals surface area contributed by atoms with Gasteiger partial charge in [0.05, 0.1) is 5.56 Å².